The molecular weight excluding hydrogens is 558 g/mol. The summed E-state index contributed by atoms with van der Waals surface area (Å²) in [5, 5.41) is 8.38. The number of nitrogens with one attached hydrogen (secondary N) is 2. The minimum atomic E-state index is -3.86. The first-order chi connectivity index (χ1) is 19.4. The summed E-state index contributed by atoms with van der Waals surface area (Å²) in [4.78, 5) is 17.7. The molecule has 0 aliphatic heterocycles. The van der Waals surface area contributed by atoms with Crippen molar-refractivity contribution in [1.29, 1.82) is 0 Å². The Morgan fingerprint density at radius 2 is 1.83 bits per heavy atom. The largest absolute Gasteiger partial charge is 0.447 e. The van der Waals surface area contributed by atoms with Crippen molar-refractivity contribution in [2.24, 2.45) is 0 Å². The van der Waals surface area contributed by atoms with Crippen LogP contribution in [-0.4, -0.2) is 46.8 Å². The quantitative estimate of drug-likeness (QED) is 0.257. The fourth-order valence-electron chi connectivity index (χ4n) is 5.23. The first-order valence-electron chi connectivity index (χ1n) is 13.9. The van der Waals surface area contributed by atoms with Gasteiger partial charge < -0.3 is 10.1 Å². The zero-order valence-electron chi connectivity index (χ0n) is 24.0. The van der Waals surface area contributed by atoms with Crippen molar-refractivity contribution >= 4 is 33.0 Å². The predicted octanol–water partition coefficient (Wildman–Crippen LogP) is 6.36. The molecule has 1 fully saturated rings. The van der Waals surface area contributed by atoms with Gasteiger partial charge >= 0.3 is 6.09 Å². The van der Waals surface area contributed by atoms with Gasteiger partial charge in [-0.1, -0.05) is 18.2 Å². The van der Waals surface area contributed by atoms with Crippen molar-refractivity contribution in [3.63, 3.8) is 0 Å². The number of nitrogens with zero attached hydrogens (tertiary/aromatic N) is 3. The summed E-state index contributed by atoms with van der Waals surface area (Å²) in [6, 6.07) is 11.4. The summed E-state index contributed by atoms with van der Waals surface area (Å²) < 4.78 is 37.3. The topological polar surface area (TPSA) is 115 Å². The Balaban J connectivity index is 1.43. The van der Waals surface area contributed by atoms with Crippen LogP contribution in [0.3, 0.4) is 0 Å². The molecule has 5 rings (SSSR count). The molecule has 0 saturated heterocycles. The summed E-state index contributed by atoms with van der Waals surface area (Å²) in [6.07, 6.45) is 8.36. The third kappa shape index (κ3) is 6.79. The van der Waals surface area contributed by atoms with Crippen molar-refractivity contribution in [2.45, 2.75) is 88.8 Å². The van der Waals surface area contributed by atoms with Gasteiger partial charge in [0, 0.05) is 41.0 Å². The highest BCUT2D eigenvalue weighted by Crippen LogP contribution is 2.40. The Morgan fingerprint density at radius 1 is 1.07 bits per heavy atom. The SMILES string of the molecule is CC(C)OC(=O)N[C@H]1CC[C@H](c2ncc(-c3ccc(-c4cnn5ccccc45)cc3S(=O)(=O)NC(C)(C)C)s2)CC1. The van der Waals surface area contributed by atoms with Gasteiger partial charge in [0.2, 0.25) is 10.0 Å². The Kier molecular flexibility index (Phi) is 8.22. The number of ether oxygens (including phenoxy) is 1. The van der Waals surface area contributed by atoms with Crippen LogP contribution < -0.4 is 10.0 Å². The second-order valence-corrected chi connectivity index (χ2v) is 14.6. The number of aromatic nitrogens is 3. The number of carbonyl (C=O) groups is 1. The van der Waals surface area contributed by atoms with Gasteiger partial charge in [-0.05, 0) is 84.1 Å². The van der Waals surface area contributed by atoms with Gasteiger partial charge in [-0.25, -0.2) is 27.4 Å². The molecule has 0 bridgehead atoms. The van der Waals surface area contributed by atoms with Gasteiger partial charge in [-0.2, -0.15) is 5.10 Å². The molecule has 3 heterocycles. The number of rotatable bonds is 7. The van der Waals surface area contributed by atoms with Gasteiger partial charge in [0.25, 0.3) is 0 Å². The molecule has 1 aromatic carbocycles. The molecule has 0 unspecified atom stereocenters. The lowest BCUT2D eigenvalue weighted by Gasteiger charge is -2.28. The molecule has 1 aliphatic carbocycles. The number of thiazole rings is 1. The third-order valence-electron chi connectivity index (χ3n) is 6.98. The highest BCUT2D eigenvalue weighted by Gasteiger charge is 2.29. The first kappa shape index (κ1) is 29.2. The van der Waals surface area contributed by atoms with Crippen LogP contribution in [-0.2, 0) is 14.8 Å². The zero-order valence-corrected chi connectivity index (χ0v) is 25.7. The monoisotopic (exact) mass is 595 g/mol. The molecule has 2 N–H and O–H groups in total. The second kappa shape index (κ2) is 11.5. The second-order valence-electron chi connectivity index (χ2n) is 11.9. The Hall–Kier alpha value is -3.28. The molecule has 1 aliphatic rings. The van der Waals surface area contributed by atoms with E-state index in [2.05, 4.69) is 15.1 Å². The molecule has 3 aromatic heterocycles. The summed E-state index contributed by atoms with van der Waals surface area (Å²) in [5.74, 6) is 0.263. The van der Waals surface area contributed by atoms with Crippen molar-refractivity contribution in [2.75, 3.05) is 0 Å². The number of alkyl carbamates (subject to hydrolysis) is 1. The smallest absolute Gasteiger partial charge is 0.407 e. The third-order valence-corrected chi connectivity index (χ3v) is 9.97. The van der Waals surface area contributed by atoms with Crippen LogP contribution in [0, 0.1) is 0 Å². The van der Waals surface area contributed by atoms with Crippen LogP contribution in [0.15, 0.2) is 59.9 Å². The van der Waals surface area contributed by atoms with Crippen LogP contribution in [0.25, 0.3) is 27.1 Å². The number of pyridine rings is 1. The minimum absolute atomic E-state index is 0.0876. The molecule has 1 amide bonds. The normalized spacial score (nSPS) is 18.1. The standard InChI is InChI=1S/C30H37N5O4S2/c1-19(2)39-29(36)33-22-12-9-20(10-13-22)28-31-18-26(40-28)23-14-11-21(16-27(23)41(37,38)34-30(3,4)5)24-17-32-35-15-7-6-8-25(24)35/h6-8,11,14-20,22,34H,9-10,12-13H2,1-5H3,(H,33,36)/t20-,22-. The van der Waals surface area contributed by atoms with Crippen molar-refractivity contribution < 1.29 is 17.9 Å². The molecule has 1 saturated carbocycles. The van der Waals surface area contributed by atoms with E-state index >= 15 is 0 Å². The van der Waals surface area contributed by atoms with Gasteiger partial charge in [0.1, 0.15) is 0 Å². The summed E-state index contributed by atoms with van der Waals surface area (Å²) in [7, 11) is -3.86. The number of amides is 1. The van der Waals surface area contributed by atoms with E-state index in [-0.39, 0.29) is 29.1 Å². The van der Waals surface area contributed by atoms with Crippen LogP contribution in [0.4, 0.5) is 4.79 Å². The number of hydrogen-bond donors (Lipinski definition) is 2. The maximum absolute atomic E-state index is 13.7. The molecule has 0 atom stereocenters. The van der Waals surface area contributed by atoms with E-state index in [9.17, 15) is 13.2 Å². The average molecular weight is 596 g/mol. The van der Waals surface area contributed by atoms with Gasteiger partial charge in [-0.3, -0.25) is 0 Å². The summed E-state index contributed by atoms with van der Waals surface area (Å²) >= 11 is 1.54. The van der Waals surface area contributed by atoms with Crippen LogP contribution in [0.2, 0.25) is 0 Å². The summed E-state index contributed by atoms with van der Waals surface area (Å²) in [6.45, 7) is 9.16. The van der Waals surface area contributed by atoms with Crippen LogP contribution in [0.5, 0.6) is 0 Å². The van der Waals surface area contributed by atoms with E-state index in [0.717, 1.165) is 52.2 Å². The zero-order chi connectivity index (χ0) is 29.4. The van der Waals surface area contributed by atoms with Crippen LogP contribution >= 0.6 is 11.3 Å². The molecule has 218 valence electrons. The van der Waals surface area contributed by atoms with Crippen molar-refractivity contribution in [3.8, 4) is 21.6 Å². The highest BCUT2D eigenvalue weighted by atomic mass is 32.2. The maximum Gasteiger partial charge on any atom is 0.407 e. The maximum atomic E-state index is 13.7. The first-order valence-corrected chi connectivity index (χ1v) is 16.2. The minimum Gasteiger partial charge on any atom is -0.447 e. The van der Waals surface area contributed by atoms with Gasteiger partial charge in [-0.15, -0.1) is 11.3 Å². The lowest BCUT2D eigenvalue weighted by Crippen LogP contribution is -2.40. The predicted molar refractivity (Wildman–Crippen MR) is 162 cm³/mol. The number of benzene rings is 1. The Labute approximate surface area is 245 Å². The number of fused-ring (bicyclic) bond motifs is 1. The molecule has 4 aromatic rings. The lowest BCUT2D eigenvalue weighted by atomic mass is 9.86. The lowest BCUT2D eigenvalue weighted by molar-refractivity contribution is 0.109. The average Bonchev–Trinajstić information content (AvgIpc) is 3.55. The van der Waals surface area contributed by atoms with E-state index in [1.54, 1.807) is 23.0 Å². The fourth-order valence-corrected chi connectivity index (χ4v) is 8.09. The highest BCUT2D eigenvalue weighted by molar-refractivity contribution is 7.89. The van der Waals surface area contributed by atoms with E-state index in [1.165, 1.54) is 11.3 Å². The molecule has 41 heavy (non-hydrogen) atoms. The van der Waals surface area contributed by atoms with E-state index in [4.69, 9.17) is 9.72 Å². The number of hydrogen-bond acceptors (Lipinski definition) is 7. The van der Waals surface area contributed by atoms with Gasteiger partial charge in [0.05, 0.1) is 32.6 Å². The fraction of sp³-hybridized carbons (Fsp3) is 0.433. The van der Waals surface area contributed by atoms with E-state index < -0.39 is 15.6 Å². The van der Waals surface area contributed by atoms with E-state index in [1.807, 2.05) is 71.1 Å². The molecule has 11 heteroatoms. The van der Waals surface area contributed by atoms with Gasteiger partial charge in [0.15, 0.2) is 0 Å². The van der Waals surface area contributed by atoms with Crippen molar-refractivity contribution in [3.05, 3.63) is 60.0 Å². The molecular formula is C30H37N5O4S2. The van der Waals surface area contributed by atoms with Crippen LogP contribution in [0.1, 0.15) is 71.2 Å². The summed E-state index contributed by atoms with van der Waals surface area (Å²) in [5.41, 5.74) is 2.50. The molecule has 0 spiro atoms. The van der Waals surface area contributed by atoms with Crippen molar-refractivity contribution in [1.82, 2.24) is 24.6 Å². The number of sulfonamides is 1. The molecule has 0 radical (unpaired) electrons. The molecule has 9 nitrogen and oxygen atoms in total. The Morgan fingerprint density at radius 3 is 2.54 bits per heavy atom. The Bertz CT molecular complexity index is 1640. The van der Waals surface area contributed by atoms with E-state index in [0.29, 0.717) is 5.56 Å². The number of carbonyl (C=O) groups excluding carboxylic acids is 1.